The highest BCUT2D eigenvalue weighted by atomic mass is 14.9. The fourth-order valence-electron chi connectivity index (χ4n) is 2.29. The molecular formula is C18H25N. The Hall–Kier alpha value is -1.60. The van der Waals surface area contributed by atoms with E-state index in [1.807, 2.05) is 19.1 Å². The van der Waals surface area contributed by atoms with Gasteiger partial charge in [-0.1, -0.05) is 61.8 Å². The van der Waals surface area contributed by atoms with Crippen LogP contribution in [-0.2, 0) is 0 Å². The predicted octanol–water partition coefficient (Wildman–Crippen LogP) is 4.34. The van der Waals surface area contributed by atoms with Crippen molar-refractivity contribution in [3.63, 3.8) is 0 Å². The fraction of sp³-hybridized carbons (Fsp3) is 0.333. The molecule has 1 fully saturated rings. The van der Waals surface area contributed by atoms with Crippen LogP contribution >= 0.6 is 0 Å². The first kappa shape index (κ1) is 15.5. The molecule has 0 unspecified atom stereocenters. The predicted molar refractivity (Wildman–Crippen MR) is 86.1 cm³/mol. The van der Waals surface area contributed by atoms with Crippen molar-refractivity contribution < 1.29 is 0 Å². The van der Waals surface area contributed by atoms with Crippen molar-refractivity contribution in [1.82, 2.24) is 5.32 Å². The summed E-state index contributed by atoms with van der Waals surface area (Å²) in [6.07, 6.45) is 14.3. The molecule has 0 spiro atoms. The summed E-state index contributed by atoms with van der Waals surface area (Å²) in [5.41, 5.74) is 3.47. The molecule has 0 aromatic heterocycles. The van der Waals surface area contributed by atoms with Crippen molar-refractivity contribution in [2.45, 2.75) is 19.8 Å². The lowest BCUT2D eigenvalue weighted by molar-refractivity contribution is 0.426. The second-order valence-electron chi connectivity index (χ2n) is 4.74. The molecule has 0 aromatic rings. The number of nitrogens with one attached hydrogen (secondary N) is 1. The maximum absolute atomic E-state index is 4.21. The Labute approximate surface area is 117 Å². The highest BCUT2D eigenvalue weighted by molar-refractivity contribution is 5.48. The van der Waals surface area contributed by atoms with Gasteiger partial charge in [0, 0.05) is 0 Å². The number of hydrogen-bond donors (Lipinski definition) is 1. The average Bonchev–Trinajstić information content (AvgIpc) is 2.47. The summed E-state index contributed by atoms with van der Waals surface area (Å²) in [5.74, 6) is 0.617. The topological polar surface area (TPSA) is 12.0 Å². The maximum atomic E-state index is 4.21. The third kappa shape index (κ3) is 4.88. The molecule has 1 nitrogen and oxygen atoms in total. The molecule has 1 aliphatic heterocycles. The zero-order chi connectivity index (χ0) is 14.1. The molecule has 102 valence electrons. The highest BCUT2D eigenvalue weighted by Gasteiger charge is 2.14. The summed E-state index contributed by atoms with van der Waals surface area (Å²) in [7, 11) is 0. The zero-order valence-corrected chi connectivity index (χ0v) is 12.0. The Bertz CT molecular complexity index is 415. The van der Waals surface area contributed by atoms with Crippen molar-refractivity contribution in [2.24, 2.45) is 5.92 Å². The minimum atomic E-state index is 0.617. The number of hydrogen-bond acceptors (Lipinski definition) is 1. The van der Waals surface area contributed by atoms with Crippen molar-refractivity contribution in [1.29, 1.82) is 0 Å². The summed E-state index contributed by atoms with van der Waals surface area (Å²) in [6.45, 7) is 16.0. The summed E-state index contributed by atoms with van der Waals surface area (Å²) >= 11 is 0. The quantitative estimate of drug-likeness (QED) is 0.696. The summed E-state index contributed by atoms with van der Waals surface area (Å²) < 4.78 is 0. The van der Waals surface area contributed by atoms with Gasteiger partial charge in [-0.15, -0.1) is 0 Å². The largest absolute Gasteiger partial charge is 0.317 e. The molecular weight excluding hydrogens is 230 g/mol. The van der Waals surface area contributed by atoms with Crippen LogP contribution in [-0.4, -0.2) is 13.1 Å². The van der Waals surface area contributed by atoms with E-state index in [4.69, 9.17) is 0 Å². The Balaban J connectivity index is 2.72. The zero-order valence-electron chi connectivity index (χ0n) is 12.0. The molecule has 0 aliphatic carbocycles. The second kappa shape index (κ2) is 8.49. The summed E-state index contributed by atoms with van der Waals surface area (Å²) in [5, 5.41) is 3.38. The van der Waals surface area contributed by atoms with Crippen LogP contribution in [0.25, 0.3) is 0 Å². The molecule has 0 atom stereocenters. The summed E-state index contributed by atoms with van der Waals surface area (Å²) in [6, 6.07) is 0. The lowest BCUT2D eigenvalue weighted by Gasteiger charge is -2.23. The Morgan fingerprint density at radius 3 is 2.32 bits per heavy atom. The molecule has 1 rings (SSSR count). The molecule has 1 aliphatic rings. The van der Waals surface area contributed by atoms with Crippen LogP contribution in [0.3, 0.4) is 0 Å². The van der Waals surface area contributed by atoms with Gasteiger partial charge in [0.25, 0.3) is 0 Å². The van der Waals surface area contributed by atoms with E-state index in [0.717, 1.165) is 24.2 Å². The van der Waals surface area contributed by atoms with E-state index in [0.29, 0.717) is 5.92 Å². The van der Waals surface area contributed by atoms with Gasteiger partial charge in [0.15, 0.2) is 0 Å². The third-order valence-corrected chi connectivity index (χ3v) is 3.50. The van der Waals surface area contributed by atoms with Crippen molar-refractivity contribution >= 4 is 0 Å². The Morgan fingerprint density at radius 2 is 1.79 bits per heavy atom. The molecule has 0 radical (unpaired) electrons. The second-order valence-corrected chi connectivity index (χ2v) is 4.74. The SMILES string of the molecule is C=C/C=C(C=C)/C(/C=C\C(=C)C1CCNCC1)=C/C. The van der Waals surface area contributed by atoms with Gasteiger partial charge in [0.2, 0.25) is 0 Å². The van der Waals surface area contributed by atoms with E-state index in [2.05, 4.69) is 43.3 Å². The molecule has 0 bridgehead atoms. The van der Waals surface area contributed by atoms with Gasteiger partial charge in [-0.3, -0.25) is 0 Å². The number of allylic oxidation sites excluding steroid dienone is 9. The first-order valence-electron chi connectivity index (χ1n) is 6.92. The standard InChI is InChI=1S/C18H25N/c1-5-8-16(6-2)17(7-3)10-9-15(4)18-11-13-19-14-12-18/h5-10,18-19H,1-2,4,11-14H2,3H3/b10-9-,16-8+,17-7+. The molecule has 1 N–H and O–H groups in total. The normalized spacial score (nSPS) is 18.6. The van der Waals surface area contributed by atoms with E-state index < -0.39 is 0 Å². The molecule has 1 saturated heterocycles. The molecule has 0 saturated carbocycles. The van der Waals surface area contributed by atoms with Crippen LogP contribution < -0.4 is 5.32 Å². The smallest absolute Gasteiger partial charge is 0.00431 e. The Morgan fingerprint density at radius 1 is 1.11 bits per heavy atom. The molecule has 0 aromatic carbocycles. The van der Waals surface area contributed by atoms with Gasteiger partial charge in [-0.25, -0.2) is 0 Å². The minimum absolute atomic E-state index is 0.617. The van der Waals surface area contributed by atoms with E-state index in [1.165, 1.54) is 18.4 Å². The van der Waals surface area contributed by atoms with Gasteiger partial charge >= 0.3 is 0 Å². The van der Waals surface area contributed by atoms with E-state index in [-0.39, 0.29) is 0 Å². The minimum Gasteiger partial charge on any atom is -0.317 e. The first-order valence-corrected chi connectivity index (χ1v) is 6.92. The van der Waals surface area contributed by atoms with E-state index in [1.54, 1.807) is 6.08 Å². The molecule has 0 amide bonds. The molecule has 1 heterocycles. The first-order chi connectivity index (χ1) is 9.22. The molecule has 1 heteroatoms. The van der Waals surface area contributed by atoms with Crippen LogP contribution in [0.15, 0.2) is 72.9 Å². The van der Waals surface area contributed by atoms with Crippen LogP contribution in [0.4, 0.5) is 0 Å². The van der Waals surface area contributed by atoms with Crippen LogP contribution in [0.5, 0.6) is 0 Å². The van der Waals surface area contributed by atoms with Crippen molar-refractivity contribution in [2.75, 3.05) is 13.1 Å². The van der Waals surface area contributed by atoms with Crippen LogP contribution in [0.2, 0.25) is 0 Å². The van der Waals surface area contributed by atoms with Crippen LogP contribution in [0.1, 0.15) is 19.8 Å². The lowest BCUT2D eigenvalue weighted by Crippen LogP contribution is -2.28. The van der Waals surface area contributed by atoms with Gasteiger partial charge in [0.05, 0.1) is 0 Å². The van der Waals surface area contributed by atoms with Crippen molar-refractivity contribution in [3.05, 3.63) is 72.9 Å². The van der Waals surface area contributed by atoms with E-state index in [9.17, 15) is 0 Å². The van der Waals surface area contributed by atoms with Gasteiger partial charge in [0.1, 0.15) is 0 Å². The van der Waals surface area contributed by atoms with Gasteiger partial charge < -0.3 is 5.32 Å². The maximum Gasteiger partial charge on any atom is -0.00431 e. The summed E-state index contributed by atoms with van der Waals surface area (Å²) in [4.78, 5) is 0. The monoisotopic (exact) mass is 255 g/mol. The van der Waals surface area contributed by atoms with Crippen LogP contribution in [0, 0.1) is 5.92 Å². The third-order valence-electron chi connectivity index (χ3n) is 3.50. The average molecular weight is 255 g/mol. The fourth-order valence-corrected chi connectivity index (χ4v) is 2.29. The van der Waals surface area contributed by atoms with E-state index >= 15 is 0 Å². The lowest BCUT2D eigenvalue weighted by atomic mass is 9.90. The number of rotatable bonds is 6. The molecule has 19 heavy (non-hydrogen) atoms. The van der Waals surface area contributed by atoms with Gasteiger partial charge in [-0.2, -0.15) is 0 Å². The van der Waals surface area contributed by atoms with Gasteiger partial charge in [-0.05, 0) is 49.9 Å². The highest BCUT2D eigenvalue weighted by Crippen LogP contribution is 2.22. The van der Waals surface area contributed by atoms with Crippen molar-refractivity contribution in [3.8, 4) is 0 Å². The number of piperidine rings is 1. The Kier molecular flexibility index (Phi) is 6.91.